The molecule has 1 heterocycles. The molecule has 6 heteroatoms. The molecule has 0 aliphatic carbocycles. The summed E-state index contributed by atoms with van der Waals surface area (Å²) in [5, 5.41) is 3.39. The molecule has 0 saturated carbocycles. The Hall–Kier alpha value is -3.41. The maximum absolute atomic E-state index is 12.5. The minimum absolute atomic E-state index is 0.130. The van der Waals surface area contributed by atoms with Crippen LogP contribution in [0.15, 0.2) is 53.3 Å². The first kappa shape index (κ1) is 19.4. The Kier molecular flexibility index (Phi) is 5.59. The number of benzene rings is 2. The van der Waals surface area contributed by atoms with E-state index in [2.05, 4.69) is 10.3 Å². The smallest absolute Gasteiger partial charge is 0.339 e. The predicted octanol–water partition coefficient (Wildman–Crippen LogP) is 3.76. The Morgan fingerprint density at radius 2 is 1.86 bits per heavy atom. The Balaban J connectivity index is 1.74. The SMILES string of the molecule is Cc1cccc(C(C)C)c1NC(=O)COC(=O)c1cc(=O)[nH]c2ccccc12. The molecule has 0 spiro atoms. The van der Waals surface area contributed by atoms with Gasteiger partial charge < -0.3 is 15.0 Å². The third kappa shape index (κ3) is 4.11. The first-order valence-corrected chi connectivity index (χ1v) is 9.05. The van der Waals surface area contributed by atoms with E-state index in [4.69, 9.17) is 4.74 Å². The monoisotopic (exact) mass is 378 g/mol. The second-order valence-corrected chi connectivity index (χ2v) is 6.91. The summed E-state index contributed by atoms with van der Waals surface area (Å²) in [5.41, 5.74) is 2.95. The molecule has 2 N–H and O–H groups in total. The van der Waals surface area contributed by atoms with Crippen LogP contribution in [0.1, 0.15) is 41.3 Å². The number of ether oxygens (including phenoxy) is 1. The minimum atomic E-state index is -0.716. The van der Waals surface area contributed by atoms with Crippen molar-refractivity contribution in [3.05, 3.63) is 75.6 Å². The number of nitrogens with one attached hydrogen (secondary N) is 2. The van der Waals surface area contributed by atoms with Gasteiger partial charge in [0.1, 0.15) is 0 Å². The molecule has 0 saturated heterocycles. The van der Waals surface area contributed by atoms with E-state index >= 15 is 0 Å². The number of hydrogen-bond donors (Lipinski definition) is 2. The zero-order valence-corrected chi connectivity index (χ0v) is 16.0. The number of para-hydroxylation sites is 2. The maximum Gasteiger partial charge on any atom is 0.339 e. The number of carbonyl (C=O) groups excluding carboxylic acids is 2. The lowest BCUT2D eigenvalue weighted by Crippen LogP contribution is -2.23. The summed E-state index contributed by atoms with van der Waals surface area (Å²) >= 11 is 0. The van der Waals surface area contributed by atoms with E-state index in [9.17, 15) is 14.4 Å². The third-order valence-corrected chi connectivity index (χ3v) is 4.50. The molecule has 0 bridgehead atoms. The first-order chi connectivity index (χ1) is 13.4. The Labute approximate surface area is 162 Å². The number of pyridine rings is 1. The number of hydrogen-bond acceptors (Lipinski definition) is 4. The standard InChI is InChI=1S/C22H22N2O4/c1-13(2)15-9-6-7-14(3)21(15)24-20(26)12-28-22(27)17-11-19(25)23-18-10-5-4-8-16(17)18/h4-11,13H,12H2,1-3H3,(H,23,25)(H,24,26). The van der Waals surface area contributed by atoms with Gasteiger partial charge in [0.25, 0.3) is 5.91 Å². The van der Waals surface area contributed by atoms with Crippen molar-refractivity contribution in [2.24, 2.45) is 0 Å². The normalized spacial score (nSPS) is 10.9. The third-order valence-electron chi connectivity index (χ3n) is 4.50. The molecule has 0 atom stereocenters. The lowest BCUT2D eigenvalue weighted by atomic mass is 9.98. The van der Waals surface area contributed by atoms with Crippen LogP contribution >= 0.6 is 0 Å². The van der Waals surface area contributed by atoms with Crippen LogP contribution in [0.25, 0.3) is 10.9 Å². The minimum Gasteiger partial charge on any atom is -0.452 e. The van der Waals surface area contributed by atoms with Gasteiger partial charge in [0, 0.05) is 22.7 Å². The van der Waals surface area contributed by atoms with Gasteiger partial charge in [-0.2, -0.15) is 0 Å². The van der Waals surface area contributed by atoms with Crippen molar-refractivity contribution in [2.75, 3.05) is 11.9 Å². The number of carbonyl (C=O) groups is 2. The van der Waals surface area contributed by atoms with Crippen molar-refractivity contribution in [1.82, 2.24) is 4.98 Å². The van der Waals surface area contributed by atoms with Gasteiger partial charge in [0.05, 0.1) is 5.56 Å². The van der Waals surface area contributed by atoms with E-state index in [0.717, 1.165) is 16.8 Å². The highest BCUT2D eigenvalue weighted by Crippen LogP contribution is 2.27. The predicted molar refractivity (Wildman–Crippen MR) is 109 cm³/mol. The second kappa shape index (κ2) is 8.08. The summed E-state index contributed by atoms with van der Waals surface area (Å²) < 4.78 is 5.16. The van der Waals surface area contributed by atoms with Gasteiger partial charge >= 0.3 is 5.97 Å². The fourth-order valence-electron chi connectivity index (χ4n) is 3.10. The lowest BCUT2D eigenvalue weighted by molar-refractivity contribution is -0.119. The van der Waals surface area contributed by atoms with Crippen LogP contribution in [0, 0.1) is 6.92 Å². The molecule has 144 valence electrons. The average Bonchev–Trinajstić information content (AvgIpc) is 2.66. The Morgan fingerprint density at radius 3 is 2.61 bits per heavy atom. The van der Waals surface area contributed by atoms with Crippen LogP contribution in [0.2, 0.25) is 0 Å². The van der Waals surface area contributed by atoms with Gasteiger partial charge in [-0.1, -0.05) is 50.2 Å². The summed E-state index contributed by atoms with van der Waals surface area (Å²) in [7, 11) is 0. The molecule has 0 radical (unpaired) electrons. The molecule has 0 unspecified atom stereocenters. The second-order valence-electron chi connectivity index (χ2n) is 6.91. The number of rotatable bonds is 5. The first-order valence-electron chi connectivity index (χ1n) is 9.05. The lowest BCUT2D eigenvalue weighted by Gasteiger charge is -2.16. The quantitative estimate of drug-likeness (QED) is 0.662. The summed E-state index contributed by atoms with van der Waals surface area (Å²) in [6, 6.07) is 13.9. The number of esters is 1. The van der Waals surface area contributed by atoms with Crippen LogP contribution in [0.4, 0.5) is 5.69 Å². The number of aryl methyl sites for hydroxylation is 1. The number of H-pyrrole nitrogens is 1. The number of aromatic nitrogens is 1. The van der Waals surface area contributed by atoms with Gasteiger partial charge in [0.2, 0.25) is 5.56 Å². The molecule has 2 aromatic carbocycles. The van der Waals surface area contributed by atoms with Gasteiger partial charge in [-0.05, 0) is 30.0 Å². The van der Waals surface area contributed by atoms with Crippen molar-refractivity contribution in [3.8, 4) is 0 Å². The molecule has 1 amide bonds. The number of amides is 1. The van der Waals surface area contributed by atoms with Crippen molar-refractivity contribution < 1.29 is 14.3 Å². The molecule has 0 aliphatic heterocycles. The number of anilines is 1. The topological polar surface area (TPSA) is 88.3 Å². The molecule has 3 rings (SSSR count). The summed E-state index contributed by atoms with van der Waals surface area (Å²) in [5.74, 6) is -0.912. The van der Waals surface area contributed by atoms with E-state index < -0.39 is 24.0 Å². The zero-order chi connectivity index (χ0) is 20.3. The van der Waals surface area contributed by atoms with Crippen LogP contribution in [-0.4, -0.2) is 23.5 Å². The summed E-state index contributed by atoms with van der Waals surface area (Å²) in [4.78, 5) is 39.3. The number of fused-ring (bicyclic) bond motifs is 1. The van der Waals surface area contributed by atoms with Crippen molar-refractivity contribution >= 4 is 28.5 Å². The highest BCUT2D eigenvalue weighted by molar-refractivity contribution is 6.04. The van der Waals surface area contributed by atoms with E-state index in [1.165, 1.54) is 6.07 Å². The van der Waals surface area contributed by atoms with E-state index in [-0.39, 0.29) is 11.5 Å². The van der Waals surface area contributed by atoms with Crippen LogP contribution in [0.3, 0.4) is 0 Å². The Bertz CT molecular complexity index is 1100. The van der Waals surface area contributed by atoms with Gasteiger partial charge in [-0.25, -0.2) is 4.79 Å². The molecular formula is C22H22N2O4. The summed E-state index contributed by atoms with van der Waals surface area (Å²) in [6.45, 7) is 5.56. The molecule has 28 heavy (non-hydrogen) atoms. The van der Waals surface area contributed by atoms with Crippen molar-refractivity contribution in [2.45, 2.75) is 26.7 Å². The van der Waals surface area contributed by atoms with Crippen molar-refractivity contribution in [1.29, 1.82) is 0 Å². The van der Waals surface area contributed by atoms with Crippen LogP contribution in [0.5, 0.6) is 0 Å². The zero-order valence-electron chi connectivity index (χ0n) is 16.0. The number of aromatic amines is 1. The highest BCUT2D eigenvalue weighted by atomic mass is 16.5. The largest absolute Gasteiger partial charge is 0.452 e. The molecule has 6 nitrogen and oxygen atoms in total. The average molecular weight is 378 g/mol. The molecule has 0 aliphatic rings. The summed E-state index contributed by atoms with van der Waals surface area (Å²) in [6.07, 6.45) is 0. The van der Waals surface area contributed by atoms with E-state index in [1.54, 1.807) is 24.3 Å². The van der Waals surface area contributed by atoms with Crippen LogP contribution < -0.4 is 10.9 Å². The molecule has 3 aromatic rings. The van der Waals surface area contributed by atoms with Gasteiger partial charge in [0.15, 0.2) is 6.61 Å². The maximum atomic E-state index is 12.5. The van der Waals surface area contributed by atoms with Crippen molar-refractivity contribution in [3.63, 3.8) is 0 Å². The molecular weight excluding hydrogens is 356 g/mol. The van der Waals surface area contributed by atoms with Gasteiger partial charge in [-0.15, -0.1) is 0 Å². The van der Waals surface area contributed by atoms with E-state index in [0.29, 0.717) is 10.9 Å². The molecule has 1 aromatic heterocycles. The van der Waals surface area contributed by atoms with Crippen LogP contribution in [-0.2, 0) is 9.53 Å². The fourth-order valence-corrected chi connectivity index (χ4v) is 3.10. The Morgan fingerprint density at radius 1 is 1.11 bits per heavy atom. The molecule has 0 fully saturated rings. The highest BCUT2D eigenvalue weighted by Gasteiger charge is 2.16. The van der Waals surface area contributed by atoms with E-state index in [1.807, 2.05) is 39.0 Å². The van der Waals surface area contributed by atoms with Gasteiger partial charge in [-0.3, -0.25) is 9.59 Å². The fraction of sp³-hybridized carbons (Fsp3) is 0.227.